The Morgan fingerprint density at radius 1 is 1.21 bits per heavy atom. The molecule has 0 aliphatic rings. The van der Waals surface area contributed by atoms with Crippen molar-refractivity contribution in [2.45, 2.75) is 0 Å². The number of para-hydroxylation sites is 1. The lowest BCUT2D eigenvalue weighted by molar-refractivity contribution is 0.972. The number of fused-ring (bicyclic) bond motifs is 3. The summed E-state index contributed by atoms with van der Waals surface area (Å²) in [4.78, 5) is 0. The van der Waals surface area contributed by atoms with Crippen LogP contribution in [0.5, 0.6) is 0 Å². The lowest BCUT2D eigenvalue weighted by Crippen LogP contribution is -1.93. The molecule has 3 heteroatoms. The van der Waals surface area contributed by atoms with Gasteiger partial charge in [-0.3, -0.25) is 4.40 Å². The summed E-state index contributed by atoms with van der Waals surface area (Å²) in [5, 5.41) is 1.25. The van der Waals surface area contributed by atoms with E-state index in [0.29, 0.717) is 0 Å². The zero-order valence-electron chi connectivity index (χ0n) is 7.94. The van der Waals surface area contributed by atoms with E-state index in [0.717, 1.165) is 11.5 Å². The van der Waals surface area contributed by atoms with Gasteiger partial charge in [0.2, 0.25) is 0 Å². The van der Waals surface area contributed by atoms with Crippen molar-refractivity contribution >= 4 is 22.4 Å². The monoisotopic (exact) mass is 185 g/mol. The third-order valence-electron chi connectivity index (χ3n) is 2.72. The van der Waals surface area contributed by atoms with Crippen LogP contribution < -0.4 is 5.73 Å². The summed E-state index contributed by atoms with van der Waals surface area (Å²) in [7, 11) is 1.98. The first-order valence-electron chi connectivity index (χ1n) is 4.58. The molecule has 14 heavy (non-hydrogen) atoms. The van der Waals surface area contributed by atoms with Crippen LogP contribution in [0.4, 0.5) is 5.82 Å². The number of nitrogen functional groups attached to an aromatic ring is 1. The number of nitrogens with two attached hydrogens (primary N) is 1. The van der Waals surface area contributed by atoms with Crippen molar-refractivity contribution in [2.75, 3.05) is 5.73 Å². The van der Waals surface area contributed by atoms with E-state index < -0.39 is 0 Å². The molecule has 0 atom stereocenters. The summed E-state index contributed by atoms with van der Waals surface area (Å²) in [6, 6.07) is 10.4. The molecule has 0 bridgehead atoms. The highest BCUT2D eigenvalue weighted by molar-refractivity contribution is 5.86. The van der Waals surface area contributed by atoms with E-state index in [2.05, 4.69) is 22.6 Å². The van der Waals surface area contributed by atoms with Crippen molar-refractivity contribution in [3.05, 3.63) is 36.5 Å². The molecule has 2 heterocycles. The predicted octanol–water partition coefficient (Wildman–Crippen LogP) is 2.01. The highest BCUT2D eigenvalue weighted by Crippen LogP contribution is 2.22. The Kier molecular flexibility index (Phi) is 1.24. The van der Waals surface area contributed by atoms with E-state index in [1.165, 1.54) is 10.9 Å². The molecule has 0 radical (unpaired) electrons. The SMILES string of the molecule is Cn1c(N)cn2c3ccccc3cc12. The van der Waals surface area contributed by atoms with Gasteiger partial charge in [-0.25, -0.2) is 0 Å². The molecule has 1 aromatic carbocycles. The van der Waals surface area contributed by atoms with Gasteiger partial charge in [-0.2, -0.15) is 0 Å². The van der Waals surface area contributed by atoms with Crippen LogP contribution in [0, 0.1) is 0 Å². The molecule has 0 aliphatic carbocycles. The zero-order chi connectivity index (χ0) is 9.71. The van der Waals surface area contributed by atoms with Gasteiger partial charge in [0.05, 0.1) is 11.7 Å². The van der Waals surface area contributed by atoms with Crippen LogP contribution >= 0.6 is 0 Å². The van der Waals surface area contributed by atoms with Crippen LogP contribution in [-0.2, 0) is 7.05 Å². The summed E-state index contributed by atoms with van der Waals surface area (Å²) in [6.07, 6.45) is 1.96. The topological polar surface area (TPSA) is 35.4 Å². The van der Waals surface area contributed by atoms with Gasteiger partial charge >= 0.3 is 0 Å². The first kappa shape index (κ1) is 7.50. The molecule has 2 aromatic heterocycles. The zero-order valence-corrected chi connectivity index (χ0v) is 7.94. The van der Waals surface area contributed by atoms with Gasteiger partial charge in [0.25, 0.3) is 0 Å². The highest BCUT2D eigenvalue weighted by Gasteiger charge is 2.06. The molecule has 0 spiro atoms. The molecule has 3 rings (SSSR count). The molecule has 2 N–H and O–H groups in total. The second kappa shape index (κ2) is 2.32. The molecular formula is C11H11N3. The Hall–Kier alpha value is -1.90. The quantitative estimate of drug-likeness (QED) is 0.571. The first-order valence-corrected chi connectivity index (χ1v) is 4.58. The third-order valence-corrected chi connectivity index (χ3v) is 2.72. The summed E-state index contributed by atoms with van der Waals surface area (Å²) in [5.41, 5.74) is 8.16. The number of aryl methyl sites for hydroxylation is 1. The maximum atomic E-state index is 5.83. The Bertz CT molecular complexity index is 616. The standard InChI is InChI=1S/C11H11N3/c1-13-10(12)7-14-9-5-3-2-4-8(9)6-11(13)14/h2-7H,12H2,1H3. The van der Waals surface area contributed by atoms with Gasteiger partial charge in [-0.05, 0) is 12.1 Å². The molecule has 0 aliphatic heterocycles. The van der Waals surface area contributed by atoms with E-state index in [1.54, 1.807) is 0 Å². The van der Waals surface area contributed by atoms with Crippen molar-refractivity contribution in [3.8, 4) is 0 Å². The van der Waals surface area contributed by atoms with E-state index in [4.69, 9.17) is 5.73 Å². The smallest absolute Gasteiger partial charge is 0.121 e. The average Bonchev–Trinajstić information content (AvgIpc) is 2.67. The second-order valence-corrected chi connectivity index (χ2v) is 3.54. The van der Waals surface area contributed by atoms with Crippen LogP contribution in [-0.4, -0.2) is 8.97 Å². The van der Waals surface area contributed by atoms with Crippen LogP contribution in [0.3, 0.4) is 0 Å². The molecule has 0 saturated heterocycles. The minimum atomic E-state index is 0.783. The van der Waals surface area contributed by atoms with Crippen molar-refractivity contribution in [1.29, 1.82) is 0 Å². The van der Waals surface area contributed by atoms with Crippen molar-refractivity contribution in [2.24, 2.45) is 7.05 Å². The maximum Gasteiger partial charge on any atom is 0.121 e. The van der Waals surface area contributed by atoms with Crippen LogP contribution in [0.25, 0.3) is 16.6 Å². The largest absolute Gasteiger partial charge is 0.384 e. The fourth-order valence-electron chi connectivity index (χ4n) is 1.91. The lowest BCUT2D eigenvalue weighted by atomic mass is 10.2. The predicted molar refractivity (Wildman–Crippen MR) is 58.3 cm³/mol. The van der Waals surface area contributed by atoms with Crippen LogP contribution in [0.1, 0.15) is 0 Å². The van der Waals surface area contributed by atoms with E-state index in [1.807, 2.05) is 29.9 Å². The van der Waals surface area contributed by atoms with E-state index in [9.17, 15) is 0 Å². The molecule has 3 aromatic rings. The minimum absolute atomic E-state index is 0.783. The summed E-state index contributed by atoms with van der Waals surface area (Å²) in [5.74, 6) is 0.783. The van der Waals surface area contributed by atoms with Crippen molar-refractivity contribution in [1.82, 2.24) is 8.97 Å². The van der Waals surface area contributed by atoms with Gasteiger partial charge in [-0.15, -0.1) is 0 Å². The van der Waals surface area contributed by atoms with Gasteiger partial charge in [0.15, 0.2) is 0 Å². The number of hydrogen-bond acceptors (Lipinski definition) is 1. The fraction of sp³-hybridized carbons (Fsp3) is 0.0909. The van der Waals surface area contributed by atoms with Gasteiger partial charge in [-0.1, -0.05) is 18.2 Å². The third kappa shape index (κ3) is 0.763. The minimum Gasteiger partial charge on any atom is -0.384 e. The number of rotatable bonds is 0. The first-order chi connectivity index (χ1) is 6.77. The molecule has 0 amide bonds. The Labute approximate surface area is 81.4 Å². The van der Waals surface area contributed by atoms with E-state index >= 15 is 0 Å². The Morgan fingerprint density at radius 3 is 2.86 bits per heavy atom. The normalized spacial score (nSPS) is 11.5. The van der Waals surface area contributed by atoms with Gasteiger partial charge in [0.1, 0.15) is 11.5 Å². The number of hydrogen-bond donors (Lipinski definition) is 1. The molecule has 0 unspecified atom stereocenters. The fourth-order valence-corrected chi connectivity index (χ4v) is 1.91. The van der Waals surface area contributed by atoms with Crippen LogP contribution in [0.2, 0.25) is 0 Å². The Morgan fingerprint density at radius 2 is 2.00 bits per heavy atom. The van der Waals surface area contributed by atoms with Gasteiger partial charge < -0.3 is 10.3 Å². The highest BCUT2D eigenvalue weighted by atomic mass is 15.1. The molecule has 3 nitrogen and oxygen atoms in total. The average molecular weight is 185 g/mol. The van der Waals surface area contributed by atoms with Crippen molar-refractivity contribution < 1.29 is 0 Å². The van der Waals surface area contributed by atoms with Crippen LogP contribution in [0.15, 0.2) is 36.5 Å². The van der Waals surface area contributed by atoms with Gasteiger partial charge in [0, 0.05) is 12.4 Å². The molecule has 70 valence electrons. The molecule has 0 saturated carbocycles. The summed E-state index contributed by atoms with van der Waals surface area (Å²) in [6.45, 7) is 0. The second-order valence-electron chi connectivity index (χ2n) is 3.54. The Balaban J connectivity index is 2.60. The van der Waals surface area contributed by atoms with Crippen molar-refractivity contribution in [3.63, 3.8) is 0 Å². The lowest BCUT2D eigenvalue weighted by Gasteiger charge is -1.92. The number of aromatic nitrogens is 2. The maximum absolute atomic E-state index is 5.83. The van der Waals surface area contributed by atoms with E-state index in [-0.39, 0.29) is 0 Å². The summed E-state index contributed by atoms with van der Waals surface area (Å²) < 4.78 is 4.10. The number of imidazole rings is 1. The number of anilines is 1. The number of nitrogens with zero attached hydrogens (tertiary/aromatic N) is 2. The molecular weight excluding hydrogens is 174 g/mol. The molecule has 0 fully saturated rings. The summed E-state index contributed by atoms with van der Waals surface area (Å²) >= 11 is 0. The number of benzene rings is 1.